The van der Waals surface area contributed by atoms with E-state index in [-0.39, 0.29) is 10.8 Å². The molecule has 1 aromatic carbocycles. The minimum Gasteiger partial charge on any atom is -0.416 e. The average molecular weight is 532 g/mol. The normalized spacial score (nSPS) is 12.5. The second-order valence-electron chi connectivity index (χ2n) is 9.86. The molecule has 1 N–H and O–H groups in total. The zero-order valence-corrected chi connectivity index (χ0v) is 23.1. The Balaban J connectivity index is 1.66. The van der Waals surface area contributed by atoms with E-state index in [1.807, 2.05) is 0 Å². The molecule has 0 aliphatic rings. The number of benzene rings is 1. The molecule has 8 nitrogen and oxygen atoms in total. The molecule has 0 saturated heterocycles. The third kappa shape index (κ3) is 4.65. The van der Waals surface area contributed by atoms with Crippen LogP contribution in [0.2, 0.25) is 21.6 Å². The molecular formula is C25H31ClFN5O3Si. The predicted molar refractivity (Wildman–Crippen MR) is 141 cm³/mol. The summed E-state index contributed by atoms with van der Waals surface area (Å²) in [4.78, 5) is 24.8. The third-order valence-corrected chi connectivity index (χ3v) is 13.3. The molecule has 0 atom stereocenters. The van der Waals surface area contributed by atoms with E-state index in [1.54, 1.807) is 12.3 Å². The van der Waals surface area contributed by atoms with E-state index < -0.39 is 19.9 Å². The number of nitrogens with zero attached hydrogens (tertiary/aromatic N) is 4. The lowest BCUT2D eigenvalue weighted by Crippen LogP contribution is -2.48. The van der Waals surface area contributed by atoms with Gasteiger partial charge >= 0.3 is 5.76 Å². The van der Waals surface area contributed by atoms with Crippen LogP contribution in [0.5, 0.6) is 0 Å². The fraction of sp³-hybridized carbons (Fsp3) is 0.440. The van der Waals surface area contributed by atoms with Gasteiger partial charge in [0.25, 0.3) is 0 Å². The van der Waals surface area contributed by atoms with E-state index >= 15 is 0 Å². The minimum absolute atomic E-state index is 0.112. The number of imidazole rings is 1. The Morgan fingerprint density at radius 1 is 1.14 bits per heavy atom. The number of aromatic amines is 1. The standard InChI is InChI=1S/C25H31ClFN5O3Si/c1-14(2)36(15(3)4,16(5)6)34-12-10-21-29-22-18(9-11-28-23(22)30-21)24-31-35-25(33)32(24)17-7-8-20(27)19(26)13-17/h7-9,11,13-16H,10,12H2,1-6H3,(H,28,29,30). The molecule has 0 amide bonds. The minimum atomic E-state index is -1.99. The average Bonchev–Trinajstić information content (AvgIpc) is 3.40. The summed E-state index contributed by atoms with van der Waals surface area (Å²) >= 11 is 5.94. The topological polar surface area (TPSA) is 98.8 Å². The van der Waals surface area contributed by atoms with Gasteiger partial charge in [0.05, 0.1) is 21.8 Å². The molecule has 0 unspecified atom stereocenters. The van der Waals surface area contributed by atoms with Gasteiger partial charge in [-0.25, -0.2) is 23.7 Å². The van der Waals surface area contributed by atoms with Gasteiger partial charge in [-0.05, 0) is 40.9 Å². The molecule has 0 aliphatic heterocycles. The molecule has 0 bridgehead atoms. The van der Waals surface area contributed by atoms with Gasteiger partial charge in [-0.1, -0.05) is 58.3 Å². The number of halogens is 2. The van der Waals surface area contributed by atoms with Gasteiger partial charge in [0, 0.05) is 19.2 Å². The zero-order chi connectivity index (χ0) is 26.2. The quantitative estimate of drug-likeness (QED) is 0.255. The summed E-state index contributed by atoms with van der Waals surface area (Å²) in [5, 5.41) is 3.86. The van der Waals surface area contributed by atoms with Crippen LogP contribution in [0.15, 0.2) is 39.8 Å². The molecule has 192 valence electrons. The van der Waals surface area contributed by atoms with Crippen molar-refractivity contribution in [1.82, 2.24) is 24.7 Å². The summed E-state index contributed by atoms with van der Waals surface area (Å²) in [6, 6.07) is 5.69. The van der Waals surface area contributed by atoms with Crippen LogP contribution in [-0.4, -0.2) is 39.6 Å². The van der Waals surface area contributed by atoms with Crippen LogP contribution in [0.4, 0.5) is 4.39 Å². The van der Waals surface area contributed by atoms with Gasteiger partial charge < -0.3 is 9.41 Å². The van der Waals surface area contributed by atoms with Gasteiger partial charge in [0.15, 0.2) is 19.8 Å². The van der Waals surface area contributed by atoms with Crippen molar-refractivity contribution in [2.45, 2.75) is 64.6 Å². The highest BCUT2D eigenvalue weighted by atomic mass is 35.5. The lowest BCUT2D eigenvalue weighted by Gasteiger charge is -2.42. The van der Waals surface area contributed by atoms with Crippen LogP contribution in [0, 0.1) is 5.82 Å². The molecule has 11 heteroatoms. The summed E-state index contributed by atoms with van der Waals surface area (Å²) in [6.45, 7) is 14.1. The van der Waals surface area contributed by atoms with Gasteiger partial charge in [0.1, 0.15) is 11.6 Å². The Bertz CT molecular complexity index is 1410. The first-order chi connectivity index (χ1) is 17.1. The zero-order valence-electron chi connectivity index (χ0n) is 21.3. The van der Waals surface area contributed by atoms with Crippen molar-refractivity contribution in [3.63, 3.8) is 0 Å². The number of aromatic nitrogens is 5. The Hall–Kier alpha value is -2.82. The van der Waals surface area contributed by atoms with Crippen LogP contribution in [0.3, 0.4) is 0 Å². The van der Waals surface area contributed by atoms with E-state index in [4.69, 9.17) is 20.6 Å². The molecular weight excluding hydrogens is 501 g/mol. The van der Waals surface area contributed by atoms with Crippen molar-refractivity contribution in [2.75, 3.05) is 6.61 Å². The summed E-state index contributed by atoms with van der Waals surface area (Å²) in [7, 11) is -1.99. The van der Waals surface area contributed by atoms with E-state index in [0.29, 0.717) is 52.1 Å². The van der Waals surface area contributed by atoms with E-state index in [2.05, 4.69) is 61.7 Å². The number of nitrogens with one attached hydrogen (secondary N) is 1. The van der Waals surface area contributed by atoms with Crippen molar-refractivity contribution in [3.8, 4) is 17.1 Å². The smallest absolute Gasteiger partial charge is 0.416 e. The van der Waals surface area contributed by atoms with Crippen LogP contribution in [0.1, 0.15) is 47.4 Å². The van der Waals surface area contributed by atoms with Crippen molar-refractivity contribution < 1.29 is 13.3 Å². The fourth-order valence-electron chi connectivity index (χ4n) is 5.36. The van der Waals surface area contributed by atoms with Crippen molar-refractivity contribution in [1.29, 1.82) is 0 Å². The number of hydrogen-bond donors (Lipinski definition) is 1. The summed E-state index contributed by atoms with van der Waals surface area (Å²) in [5.74, 6) is -0.348. The molecule has 0 aliphatic carbocycles. The van der Waals surface area contributed by atoms with Gasteiger partial charge in [-0.15, -0.1) is 0 Å². The molecule has 3 heterocycles. The van der Waals surface area contributed by atoms with Crippen LogP contribution in [0.25, 0.3) is 28.2 Å². The monoisotopic (exact) mass is 531 g/mol. The molecule has 4 aromatic rings. The molecule has 0 saturated carbocycles. The SMILES string of the molecule is CC(C)[Si](OCCc1nc2nccc(-c3noc(=O)n3-c3ccc(F)c(Cl)c3)c2[nH]1)(C(C)C)C(C)C. The molecule has 0 fully saturated rings. The fourth-order valence-corrected chi connectivity index (χ4v) is 11.0. The Morgan fingerprint density at radius 2 is 1.83 bits per heavy atom. The first-order valence-electron chi connectivity index (χ1n) is 12.1. The maximum atomic E-state index is 13.7. The Labute approximate surface area is 215 Å². The van der Waals surface area contributed by atoms with Crippen molar-refractivity contribution in [2.24, 2.45) is 0 Å². The van der Waals surface area contributed by atoms with Gasteiger partial charge in [-0.2, -0.15) is 0 Å². The lowest BCUT2D eigenvalue weighted by atomic mass is 10.2. The first-order valence-corrected chi connectivity index (χ1v) is 14.6. The second-order valence-corrected chi connectivity index (χ2v) is 15.7. The number of rotatable bonds is 9. The second kappa shape index (κ2) is 10.3. The highest BCUT2D eigenvalue weighted by molar-refractivity contribution is 6.77. The highest BCUT2D eigenvalue weighted by Gasteiger charge is 2.44. The Morgan fingerprint density at radius 3 is 2.47 bits per heavy atom. The Kier molecular flexibility index (Phi) is 7.49. The van der Waals surface area contributed by atoms with Crippen molar-refractivity contribution in [3.05, 3.63) is 57.7 Å². The van der Waals surface area contributed by atoms with Gasteiger partial charge in [-0.3, -0.25) is 4.52 Å². The summed E-state index contributed by atoms with van der Waals surface area (Å²) < 4.78 is 26.6. The molecule has 3 aromatic heterocycles. The molecule has 0 spiro atoms. The van der Waals surface area contributed by atoms with E-state index in [0.717, 1.165) is 5.82 Å². The van der Waals surface area contributed by atoms with Crippen LogP contribution in [-0.2, 0) is 10.8 Å². The van der Waals surface area contributed by atoms with E-state index in [1.165, 1.54) is 22.8 Å². The number of hydrogen-bond acceptors (Lipinski definition) is 6. The highest BCUT2D eigenvalue weighted by Crippen LogP contribution is 2.42. The number of pyridine rings is 1. The molecule has 36 heavy (non-hydrogen) atoms. The van der Waals surface area contributed by atoms with E-state index in [9.17, 15) is 9.18 Å². The van der Waals surface area contributed by atoms with Gasteiger partial charge in [0.2, 0.25) is 0 Å². The molecule has 4 rings (SSSR count). The summed E-state index contributed by atoms with van der Waals surface area (Å²) in [5.41, 5.74) is 3.48. The predicted octanol–water partition coefficient (Wildman–Crippen LogP) is 6.29. The number of H-pyrrole nitrogens is 1. The summed E-state index contributed by atoms with van der Waals surface area (Å²) in [6.07, 6.45) is 2.18. The molecule has 0 radical (unpaired) electrons. The number of fused-ring (bicyclic) bond motifs is 1. The van der Waals surface area contributed by atoms with Crippen LogP contribution < -0.4 is 5.76 Å². The first kappa shape index (κ1) is 26.2. The third-order valence-electron chi connectivity index (χ3n) is 6.85. The maximum absolute atomic E-state index is 13.7. The van der Waals surface area contributed by atoms with Crippen molar-refractivity contribution >= 4 is 31.1 Å². The van der Waals surface area contributed by atoms with Crippen LogP contribution >= 0.6 is 11.6 Å². The lowest BCUT2D eigenvalue weighted by molar-refractivity contribution is 0.279. The largest absolute Gasteiger partial charge is 0.446 e. The maximum Gasteiger partial charge on any atom is 0.446 e.